The van der Waals surface area contributed by atoms with Gasteiger partial charge < -0.3 is 10.2 Å². The van der Waals surface area contributed by atoms with Crippen molar-refractivity contribution in [1.29, 1.82) is 0 Å². The molecule has 1 unspecified atom stereocenters. The number of hydrogen-bond donors (Lipinski definition) is 1. The van der Waals surface area contributed by atoms with Gasteiger partial charge in [-0.15, -0.1) is 0 Å². The molecule has 6 nitrogen and oxygen atoms in total. The van der Waals surface area contributed by atoms with Crippen molar-refractivity contribution in [1.82, 2.24) is 13.6 Å². The molecule has 2 heterocycles. The van der Waals surface area contributed by atoms with Gasteiger partial charge in [-0.05, 0) is 18.6 Å². The van der Waals surface area contributed by atoms with Crippen molar-refractivity contribution < 1.29 is 9.59 Å². The lowest BCUT2D eigenvalue weighted by Crippen LogP contribution is -2.43. The van der Waals surface area contributed by atoms with Gasteiger partial charge in [-0.3, -0.25) is 9.59 Å². The predicted molar refractivity (Wildman–Crippen MR) is 74.3 cm³/mol. The van der Waals surface area contributed by atoms with E-state index in [9.17, 15) is 9.59 Å². The Labute approximate surface area is 119 Å². The Balaban J connectivity index is 1.98. The Kier molecular flexibility index (Phi) is 3.19. The van der Waals surface area contributed by atoms with Gasteiger partial charge in [-0.25, -0.2) is 0 Å². The summed E-state index contributed by atoms with van der Waals surface area (Å²) in [7, 11) is 0. The Bertz CT molecular complexity index is 656. The lowest BCUT2D eigenvalue weighted by molar-refractivity contribution is -0.120. The van der Waals surface area contributed by atoms with Gasteiger partial charge >= 0.3 is 0 Å². The number of fused-ring (bicyclic) bond motifs is 1. The van der Waals surface area contributed by atoms with Crippen LogP contribution >= 0.6 is 11.7 Å². The van der Waals surface area contributed by atoms with Crippen molar-refractivity contribution in [2.24, 2.45) is 0 Å². The van der Waals surface area contributed by atoms with Gasteiger partial charge in [0.25, 0.3) is 5.91 Å². The topological polar surface area (TPSA) is 75.2 Å². The first-order valence-corrected chi connectivity index (χ1v) is 6.87. The number of hydrogen-bond acceptors (Lipinski definition) is 5. The van der Waals surface area contributed by atoms with E-state index in [1.807, 2.05) is 24.3 Å². The van der Waals surface area contributed by atoms with Crippen LogP contribution in [0.25, 0.3) is 0 Å². The zero-order valence-corrected chi connectivity index (χ0v) is 11.6. The van der Waals surface area contributed by atoms with E-state index in [1.54, 1.807) is 6.92 Å². The highest BCUT2D eigenvalue weighted by molar-refractivity contribution is 6.99. The highest BCUT2D eigenvalue weighted by atomic mass is 32.1. The van der Waals surface area contributed by atoms with Crippen LogP contribution in [0.3, 0.4) is 0 Å². The molecule has 0 fully saturated rings. The molecule has 1 aliphatic rings. The summed E-state index contributed by atoms with van der Waals surface area (Å²) in [4.78, 5) is 26.1. The summed E-state index contributed by atoms with van der Waals surface area (Å²) in [5.41, 5.74) is 1.92. The molecule has 0 saturated carbocycles. The molecule has 1 aromatic heterocycles. The summed E-state index contributed by atoms with van der Waals surface area (Å²) < 4.78 is 7.78. The molecule has 1 N–H and O–H groups in total. The Morgan fingerprint density at radius 3 is 3.00 bits per heavy atom. The van der Waals surface area contributed by atoms with Crippen LogP contribution in [0.2, 0.25) is 0 Å². The second-order valence-corrected chi connectivity index (χ2v) is 5.10. The third-order valence-electron chi connectivity index (χ3n) is 3.30. The third-order valence-corrected chi connectivity index (χ3v) is 3.78. The second kappa shape index (κ2) is 5.01. The molecule has 0 aliphatic carbocycles. The molecule has 102 valence electrons. The minimum atomic E-state index is -0.559. The first-order valence-electron chi connectivity index (χ1n) is 6.14. The van der Waals surface area contributed by atoms with Crippen molar-refractivity contribution in [3.63, 3.8) is 0 Å². The fourth-order valence-corrected chi connectivity index (χ4v) is 2.54. The van der Waals surface area contributed by atoms with Crippen LogP contribution in [0.1, 0.15) is 23.0 Å². The van der Waals surface area contributed by atoms with Crippen LogP contribution in [0, 0.1) is 0 Å². The van der Waals surface area contributed by atoms with E-state index in [2.05, 4.69) is 14.1 Å². The van der Waals surface area contributed by atoms with Gasteiger partial charge in [0.15, 0.2) is 5.69 Å². The summed E-state index contributed by atoms with van der Waals surface area (Å²) in [5, 5.41) is 2.84. The smallest absolute Gasteiger partial charge is 0.276 e. The zero-order valence-electron chi connectivity index (χ0n) is 10.7. The minimum absolute atomic E-state index is 0.202. The maximum Gasteiger partial charge on any atom is 0.276 e. The summed E-state index contributed by atoms with van der Waals surface area (Å²) in [6.07, 6.45) is 1.43. The number of nitrogens with zero attached hydrogens (tertiary/aromatic N) is 3. The van der Waals surface area contributed by atoms with Crippen molar-refractivity contribution in [3.05, 3.63) is 41.7 Å². The number of rotatable bonds is 1. The molecule has 3 rings (SSSR count). The van der Waals surface area contributed by atoms with Gasteiger partial charge in [0.05, 0.1) is 17.9 Å². The average molecular weight is 288 g/mol. The highest BCUT2D eigenvalue weighted by Crippen LogP contribution is 2.23. The zero-order chi connectivity index (χ0) is 14.1. The molecule has 0 saturated heterocycles. The quantitative estimate of drug-likeness (QED) is 0.863. The van der Waals surface area contributed by atoms with Gasteiger partial charge in [-0.1, -0.05) is 18.2 Å². The summed E-state index contributed by atoms with van der Waals surface area (Å²) >= 11 is 0.977. The van der Waals surface area contributed by atoms with E-state index < -0.39 is 6.04 Å². The molecule has 0 radical (unpaired) electrons. The molecule has 0 spiro atoms. The number of benzene rings is 1. The first-order chi connectivity index (χ1) is 9.66. The lowest BCUT2D eigenvalue weighted by atomic mass is 10.1. The molecule has 2 aromatic rings. The molecule has 1 aromatic carbocycles. The second-order valence-electron chi connectivity index (χ2n) is 4.55. The molecular weight excluding hydrogens is 276 g/mol. The van der Waals surface area contributed by atoms with Crippen LogP contribution in [0.4, 0.5) is 5.69 Å². The van der Waals surface area contributed by atoms with Gasteiger partial charge in [0.1, 0.15) is 6.04 Å². The van der Waals surface area contributed by atoms with Gasteiger partial charge in [0.2, 0.25) is 5.91 Å². The van der Waals surface area contributed by atoms with Crippen LogP contribution in [0.5, 0.6) is 0 Å². The predicted octanol–water partition coefficient (Wildman–Crippen LogP) is 1.52. The molecule has 20 heavy (non-hydrogen) atoms. The Morgan fingerprint density at radius 2 is 2.25 bits per heavy atom. The third kappa shape index (κ3) is 2.16. The largest absolute Gasteiger partial charge is 0.324 e. The van der Waals surface area contributed by atoms with Gasteiger partial charge in [0, 0.05) is 12.2 Å². The molecule has 7 heteroatoms. The Morgan fingerprint density at radius 1 is 1.45 bits per heavy atom. The monoisotopic (exact) mass is 288 g/mol. The van der Waals surface area contributed by atoms with Crippen LogP contribution in [-0.4, -0.2) is 31.5 Å². The fourth-order valence-electron chi connectivity index (χ4n) is 2.13. The number of aromatic nitrogens is 2. The molecule has 1 atom stereocenters. The van der Waals surface area contributed by atoms with Gasteiger partial charge in [-0.2, -0.15) is 8.75 Å². The van der Waals surface area contributed by atoms with E-state index in [-0.39, 0.29) is 17.5 Å². The molecular formula is C13H12N4O2S. The van der Waals surface area contributed by atoms with Crippen molar-refractivity contribution in [2.45, 2.75) is 19.5 Å². The number of carbonyl (C=O) groups is 2. The van der Waals surface area contributed by atoms with E-state index >= 15 is 0 Å². The van der Waals surface area contributed by atoms with Crippen LogP contribution in [-0.2, 0) is 11.3 Å². The highest BCUT2D eigenvalue weighted by Gasteiger charge is 2.31. The van der Waals surface area contributed by atoms with E-state index in [4.69, 9.17) is 0 Å². The van der Waals surface area contributed by atoms with Crippen LogP contribution < -0.4 is 5.32 Å². The molecule has 0 bridgehead atoms. The Hall–Kier alpha value is -2.28. The maximum atomic E-state index is 12.4. The van der Waals surface area contributed by atoms with E-state index in [1.165, 1.54) is 11.1 Å². The summed E-state index contributed by atoms with van der Waals surface area (Å²) in [6.45, 7) is 2.07. The van der Waals surface area contributed by atoms with Crippen molar-refractivity contribution in [2.75, 3.05) is 5.32 Å². The first kappa shape index (κ1) is 12.7. The van der Waals surface area contributed by atoms with Crippen molar-refractivity contribution in [3.8, 4) is 0 Å². The number of amides is 2. The number of nitrogens with one attached hydrogen (secondary N) is 1. The van der Waals surface area contributed by atoms with Crippen molar-refractivity contribution >= 4 is 29.2 Å². The molecule has 2 amide bonds. The summed E-state index contributed by atoms with van der Waals surface area (Å²) in [6, 6.07) is 6.90. The summed E-state index contributed by atoms with van der Waals surface area (Å²) in [5.74, 6) is -0.482. The fraction of sp³-hybridized carbons (Fsp3) is 0.231. The normalized spacial score (nSPS) is 18.1. The SMILES string of the molecule is CC1C(=O)Nc2ccccc2CN1C(=O)c1cnsn1. The maximum absolute atomic E-state index is 12.4. The number of anilines is 1. The average Bonchev–Trinajstić information content (AvgIpc) is 2.95. The standard InChI is InChI=1S/C13H12N4O2S/c1-8-12(18)15-10-5-3-2-4-9(10)7-17(8)13(19)11-6-14-20-16-11/h2-6,8H,7H2,1H3,(H,15,18). The minimum Gasteiger partial charge on any atom is -0.324 e. The number of para-hydroxylation sites is 1. The van der Waals surface area contributed by atoms with E-state index in [0.717, 1.165) is 23.0 Å². The number of carbonyl (C=O) groups excluding carboxylic acids is 2. The van der Waals surface area contributed by atoms with Crippen LogP contribution in [0.15, 0.2) is 30.5 Å². The van der Waals surface area contributed by atoms with E-state index in [0.29, 0.717) is 6.54 Å². The molecule has 1 aliphatic heterocycles. The lowest BCUT2D eigenvalue weighted by Gasteiger charge is -2.24.